The zero-order valence-corrected chi connectivity index (χ0v) is 14.2. The number of hydrogen-bond acceptors (Lipinski definition) is 3. The highest BCUT2D eigenvalue weighted by Gasteiger charge is 2.38. The van der Waals surface area contributed by atoms with Gasteiger partial charge in [-0.2, -0.15) is 5.10 Å². The van der Waals surface area contributed by atoms with Crippen LogP contribution >= 0.6 is 11.6 Å². The Labute approximate surface area is 132 Å². The van der Waals surface area contributed by atoms with Gasteiger partial charge in [0.05, 0.1) is 16.4 Å². The van der Waals surface area contributed by atoms with Gasteiger partial charge in [-0.25, -0.2) is 0 Å². The van der Waals surface area contributed by atoms with Crippen molar-refractivity contribution < 1.29 is 0 Å². The maximum absolute atomic E-state index is 6.58. The van der Waals surface area contributed by atoms with Crippen LogP contribution in [0.15, 0.2) is 0 Å². The average Bonchev–Trinajstić information content (AvgIpc) is 3.26. The zero-order chi connectivity index (χ0) is 15.0. The average molecular weight is 311 g/mol. The summed E-state index contributed by atoms with van der Waals surface area (Å²) < 4.78 is 2.10. The maximum Gasteiger partial charge on any atom is 0.0863 e. The standard InChI is InChI=1S/C16H27ClN4/c1-4-13-16(17)15(21(5-2)19-13)10-20-9-11(3)18-8-14(20)12-6-7-12/h11-12,14,18H,4-10H2,1-3H3. The van der Waals surface area contributed by atoms with E-state index < -0.39 is 0 Å². The van der Waals surface area contributed by atoms with E-state index in [4.69, 9.17) is 11.6 Å². The summed E-state index contributed by atoms with van der Waals surface area (Å²) in [5.74, 6) is 0.882. The highest BCUT2D eigenvalue weighted by molar-refractivity contribution is 6.31. The summed E-state index contributed by atoms with van der Waals surface area (Å²) in [6, 6.07) is 1.23. The van der Waals surface area contributed by atoms with Crippen molar-refractivity contribution in [3.8, 4) is 0 Å². The number of hydrogen-bond donors (Lipinski definition) is 1. The van der Waals surface area contributed by atoms with Gasteiger partial charge in [0, 0.05) is 38.3 Å². The molecule has 1 aliphatic carbocycles. The highest BCUT2D eigenvalue weighted by Crippen LogP contribution is 2.37. The lowest BCUT2D eigenvalue weighted by Crippen LogP contribution is -2.56. The number of aryl methyl sites for hydroxylation is 2. The summed E-state index contributed by atoms with van der Waals surface area (Å²) >= 11 is 6.58. The fraction of sp³-hybridized carbons (Fsp3) is 0.812. The molecule has 21 heavy (non-hydrogen) atoms. The van der Waals surface area contributed by atoms with Crippen LogP contribution in [0, 0.1) is 5.92 Å². The Morgan fingerprint density at radius 2 is 2.10 bits per heavy atom. The third kappa shape index (κ3) is 3.13. The molecule has 1 saturated heterocycles. The van der Waals surface area contributed by atoms with Crippen molar-refractivity contribution in [2.24, 2.45) is 5.92 Å². The molecule has 2 unspecified atom stereocenters. The fourth-order valence-electron chi connectivity index (χ4n) is 3.49. The molecule has 1 saturated carbocycles. The third-order valence-corrected chi connectivity index (χ3v) is 5.30. The molecule has 0 radical (unpaired) electrons. The monoisotopic (exact) mass is 310 g/mol. The van der Waals surface area contributed by atoms with E-state index in [1.54, 1.807) is 0 Å². The van der Waals surface area contributed by atoms with E-state index >= 15 is 0 Å². The molecule has 0 spiro atoms. The molecule has 1 aliphatic heterocycles. The van der Waals surface area contributed by atoms with Crippen molar-refractivity contribution in [3.63, 3.8) is 0 Å². The van der Waals surface area contributed by atoms with Gasteiger partial charge < -0.3 is 5.32 Å². The summed E-state index contributed by atoms with van der Waals surface area (Å²) in [5.41, 5.74) is 2.25. The molecule has 118 valence electrons. The normalized spacial score (nSPS) is 27.2. The first-order valence-corrected chi connectivity index (χ1v) is 8.73. The second kappa shape index (κ2) is 6.27. The Hall–Kier alpha value is -0.580. The van der Waals surface area contributed by atoms with E-state index in [1.165, 1.54) is 18.5 Å². The molecule has 2 atom stereocenters. The van der Waals surface area contributed by atoms with E-state index in [2.05, 4.69) is 40.8 Å². The van der Waals surface area contributed by atoms with Crippen molar-refractivity contribution in [2.75, 3.05) is 13.1 Å². The molecular weight excluding hydrogens is 284 g/mol. The predicted octanol–water partition coefficient (Wildman–Crippen LogP) is 2.69. The van der Waals surface area contributed by atoms with Crippen molar-refractivity contribution in [1.82, 2.24) is 20.0 Å². The minimum absolute atomic E-state index is 0.558. The molecule has 5 heteroatoms. The SMILES string of the molecule is CCc1nn(CC)c(CN2CC(C)NCC2C2CC2)c1Cl. The first kappa shape index (κ1) is 15.3. The van der Waals surface area contributed by atoms with E-state index in [1.807, 2.05) is 0 Å². The Bertz CT molecular complexity index is 495. The van der Waals surface area contributed by atoms with Gasteiger partial charge in [0.15, 0.2) is 0 Å². The summed E-state index contributed by atoms with van der Waals surface area (Å²) in [6.45, 7) is 10.6. The maximum atomic E-state index is 6.58. The van der Waals surface area contributed by atoms with Gasteiger partial charge in [0.2, 0.25) is 0 Å². The van der Waals surface area contributed by atoms with Gasteiger partial charge in [-0.1, -0.05) is 18.5 Å². The molecule has 4 nitrogen and oxygen atoms in total. The number of nitrogens with one attached hydrogen (secondary N) is 1. The number of piperazine rings is 1. The molecule has 2 aliphatic rings. The Morgan fingerprint density at radius 3 is 2.71 bits per heavy atom. The van der Waals surface area contributed by atoms with Gasteiger partial charge in [0.25, 0.3) is 0 Å². The molecule has 1 N–H and O–H groups in total. The second-order valence-corrected chi connectivity index (χ2v) is 6.90. The van der Waals surface area contributed by atoms with Crippen LogP contribution in [0.25, 0.3) is 0 Å². The van der Waals surface area contributed by atoms with Crippen molar-refractivity contribution in [2.45, 2.75) is 65.2 Å². The number of aromatic nitrogens is 2. The number of halogens is 1. The lowest BCUT2D eigenvalue weighted by molar-refractivity contribution is 0.109. The molecular formula is C16H27ClN4. The first-order valence-electron chi connectivity index (χ1n) is 8.35. The van der Waals surface area contributed by atoms with Crippen LogP contribution < -0.4 is 5.32 Å². The van der Waals surface area contributed by atoms with Crippen LogP contribution in [-0.2, 0) is 19.5 Å². The summed E-state index contributed by atoms with van der Waals surface area (Å²) in [7, 11) is 0. The fourth-order valence-corrected chi connectivity index (χ4v) is 3.82. The number of rotatable bonds is 5. The zero-order valence-electron chi connectivity index (χ0n) is 13.4. The van der Waals surface area contributed by atoms with Crippen molar-refractivity contribution >= 4 is 11.6 Å². The van der Waals surface area contributed by atoms with Crippen molar-refractivity contribution in [1.29, 1.82) is 0 Å². The van der Waals surface area contributed by atoms with Gasteiger partial charge in [0.1, 0.15) is 0 Å². The van der Waals surface area contributed by atoms with Crippen LogP contribution in [0.5, 0.6) is 0 Å². The van der Waals surface area contributed by atoms with E-state index in [9.17, 15) is 0 Å². The summed E-state index contributed by atoms with van der Waals surface area (Å²) in [4.78, 5) is 2.63. The molecule has 1 aromatic rings. The Balaban J connectivity index is 1.81. The van der Waals surface area contributed by atoms with E-state index in [0.717, 1.165) is 49.2 Å². The minimum atomic E-state index is 0.558. The largest absolute Gasteiger partial charge is 0.311 e. The molecule has 1 aromatic heterocycles. The van der Waals surface area contributed by atoms with Gasteiger partial charge >= 0.3 is 0 Å². The molecule has 0 bridgehead atoms. The highest BCUT2D eigenvalue weighted by atomic mass is 35.5. The topological polar surface area (TPSA) is 33.1 Å². The predicted molar refractivity (Wildman–Crippen MR) is 86.7 cm³/mol. The minimum Gasteiger partial charge on any atom is -0.311 e. The first-order chi connectivity index (χ1) is 10.1. The molecule has 2 heterocycles. The number of nitrogens with zero attached hydrogens (tertiary/aromatic N) is 3. The van der Waals surface area contributed by atoms with Gasteiger partial charge in [-0.05, 0) is 39.0 Å². The van der Waals surface area contributed by atoms with Crippen molar-refractivity contribution in [3.05, 3.63) is 16.4 Å². The lowest BCUT2D eigenvalue weighted by Gasteiger charge is -2.39. The Kier molecular flexibility index (Phi) is 4.57. The molecule has 0 amide bonds. The smallest absolute Gasteiger partial charge is 0.0863 e. The van der Waals surface area contributed by atoms with E-state index in [0.29, 0.717) is 12.1 Å². The summed E-state index contributed by atoms with van der Waals surface area (Å²) in [5, 5.41) is 9.18. The molecule has 0 aromatic carbocycles. The van der Waals surface area contributed by atoms with Crippen LogP contribution in [0.1, 0.15) is 45.0 Å². The van der Waals surface area contributed by atoms with Crippen LogP contribution in [0.3, 0.4) is 0 Å². The Morgan fingerprint density at radius 1 is 1.33 bits per heavy atom. The van der Waals surface area contributed by atoms with E-state index in [-0.39, 0.29) is 0 Å². The lowest BCUT2D eigenvalue weighted by atomic mass is 10.1. The third-order valence-electron chi connectivity index (χ3n) is 4.87. The quantitative estimate of drug-likeness (QED) is 0.908. The van der Waals surface area contributed by atoms with Gasteiger partial charge in [-0.15, -0.1) is 0 Å². The van der Waals surface area contributed by atoms with Crippen LogP contribution in [-0.4, -0.2) is 39.9 Å². The summed E-state index contributed by atoms with van der Waals surface area (Å²) in [6.07, 6.45) is 3.68. The second-order valence-electron chi connectivity index (χ2n) is 6.52. The molecule has 3 rings (SSSR count). The van der Waals surface area contributed by atoms with Crippen LogP contribution in [0.2, 0.25) is 5.02 Å². The van der Waals surface area contributed by atoms with Gasteiger partial charge in [-0.3, -0.25) is 9.58 Å². The molecule has 2 fully saturated rings. The van der Waals surface area contributed by atoms with Crippen LogP contribution in [0.4, 0.5) is 0 Å².